The number of hydrogen-bond donors (Lipinski definition) is 4. The molecule has 1 heterocycles. The van der Waals surface area contributed by atoms with Crippen molar-refractivity contribution in [2.45, 2.75) is 122 Å². The number of amides is 1. The predicted octanol–water partition coefficient (Wildman–Crippen LogP) is 4.27. The topological polar surface area (TPSA) is 133 Å². The summed E-state index contributed by atoms with van der Waals surface area (Å²) >= 11 is 0. The Hall–Kier alpha value is -1.93. The molecule has 8 nitrogen and oxygen atoms in total. The molecule has 0 aromatic carbocycles. The summed E-state index contributed by atoms with van der Waals surface area (Å²) in [4.78, 5) is 31.9. The predicted molar refractivity (Wildman–Crippen MR) is 132 cm³/mol. The normalized spacial score (nSPS) is 16.1. The molecule has 34 heavy (non-hydrogen) atoms. The largest absolute Gasteiger partial charge is 0.480 e. The Morgan fingerprint density at radius 1 is 1.00 bits per heavy atom. The van der Waals surface area contributed by atoms with Crippen molar-refractivity contribution < 1.29 is 34.4 Å². The number of ether oxygens (including phenoxy) is 1. The van der Waals surface area contributed by atoms with E-state index >= 15 is 0 Å². The molecule has 0 radical (unpaired) electrons. The van der Waals surface area contributed by atoms with Gasteiger partial charge in [0.1, 0.15) is 18.8 Å². The highest BCUT2D eigenvalue weighted by atomic mass is 16.5. The highest BCUT2D eigenvalue weighted by molar-refractivity contribution is 5.87. The van der Waals surface area contributed by atoms with E-state index in [0.29, 0.717) is 19.3 Å². The third-order valence-corrected chi connectivity index (χ3v) is 5.58. The van der Waals surface area contributed by atoms with Crippen molar-refractivity contribution in [3.05, 3.63) is 12.2 Å². The number of carbonyl (C=O) groups excluding carboxylic acids is 2. The fraction of sp³-hybridized carbons (Fsp3) is 0.808. The molecule has 1 fully saturated rings. The zero-order valence-electron chi connectivity index (χ0n) is 21.0. The van der Waals surface area contributed by atoms with Gasteiger partial charge in [-0.05, 0) is 38.5 Å². The van der Waals surface area contributed by atoms with Crippen LogP contribution in [0.1, 0.15) is 110 Å². The Morgan fingerprint density at radius 3 is 2.03 bits per heavy atom. The first-order chi connectivity index (χ1) is 16.4. The number of unbranched alkanes of at least 4 members (excludes halogenated alkanes) is 11. The Bertz CT molecular complexity index is 565. The van der Waals surface area contributed by atoms with Gasteiger partial charge in [-0.15, -0.1) is 0 Å². The van der Waals surface area contributed by atoms with Crippen LogP contribution < -0.4 is 5.32 Å². The summed E-state index contributed by atoms with van der Waals surface area (Å²) in [6, 6.07) is -0.641. The fourth-order valence-corrected chi connectivity index (χ4v) is 3.45. The molecule has 4 N–H and O–H groups in total. The van der Waals surface area contributed by atoms with Gasteiger partial charge in [0.2, 0.25) is 5.91 Å². The minimum atomic E-state index is -0.960. The fourth-order valence-electron chi connectivity index (χ4n) is 3.45. The van der Waals surface area contributed by atoms with Gasteiger partial charge in [-0.25, -0.2) is 4.79 Å². The molecule has 0 saturated carbocycles. The molecule has 1 saturated heterocycles. The molecule has 0 spiro atoms. The molecule has 1 amide bonds. The lowest BCUT2D eigenvalue weighted by Gasteiger charge is -2.08. The first-order valence-electron chi connectivity index (χ1n) is 13.0. The van der Waals surface area contributed by atoms with Crippen LogP contribution in [-0.2, 0) is 19.1 Å². The molecule has 2 atom stereocenters. The van der Waals surface area contributed by atoms with Gasteiger partial charge in [0, 0.05) is 12.8 Å². The van der Waals surface area contributed by atoms with Crippen LogP contribution in [0.5, 0.6) is 0 Å². The van der Waals surface area contributed by atoms with Crippen molar-refractivity contribution in [1.82, 2.24) is 5.32 Å². The van der Waals surface area contributed by atoms with Crippen molar-refractivity contribution in [3.8, 4) is 0 Å². The summed E-state index contributed by atoms with van der Waals surface area (Å²) in [5, 5.41) is 28.3. The number of rotatable bonds is 19. The molecule has 1 aliphatic heterocycles. The minimum absolute atomic E-state index is 0.111. The zero-order chi connectivity index (χ0) is 25.4. The summed E-state index contributed by atoms with van der Waals surface area (Å²) in [6.07, 6.45) is 20.9. The molecule has 198 valence electrons. The van der Waals surface area contributed by atoms with Gasteiger partial charge < -0.3 is 25.4 Å². The van der Waals surface area contributed by atoms with Crippen LogP contribution in [0, 0.1) is 0 Å². The standard InChI is InChI=1S/C21H40O4.C5H7NO3/c1-2-3-4-5-6-7-8-9-10-11-12-13-14-15-16-17-21(24)25-19-20(23)18-22;7-4-2-1-3(6-4)5(8)9/h9-10,20,22-23H,2-8,11-19H2,1H3;3H,1-2H2,(H,6,7)(H,8,9)/b10-9-;. The number of carbonyl (C=O) groups is 3. The molecule has 0 aromatic rings. The monoisotopic (exact) mass is 485 g/mol. The van der Waals surface area contributed by atoms with Gasteiger partial charge in [-0.1, -0.05) is 70.4 Å². The van der Waals surface area contributed by atoms with Crippen LogP contribution in [0.3, 0.4) is 0 Å². The summed E-state index contributed by atoms with van der Waals surface area (Å²) in [7, 11) is 0. The van der Waals surface area contributed by atoms with Crippen LogP contribution in [0.15, 0.2) is 12.2 Å². The van der Waals surface area contributed by atoms with Crippen LogP contribution in [0.2, 0.25) is 0 Å². The van der Waals surface area contributed by atoms with E-state index in [4.69, 9.17) is 20.1 Å². The van der Waals surface area contributed by atoms with E-state index in [1.54, 1.807) is 0 Å². The van der Waals surface area contributed by atoms with Gasteiger partial charge in [0.05, 0.1) is 6.61 Å². The molecular weight excluding hydrogens is 438 g/mol. The van der Waals surface area contributed by atoms with Gasteiger partial charge in [0.25, 0.3) is 0 Å². The molecule has 1 aliphatic rings. The molecule has 1 rings (SSSR count). The van der Waals surface area contributed by atoms with Gasteiger partial charge >= 0.3 is 11.9 Å². The maximum absolute atomic E-state index is 11.4. The van der Waals surface area contributed by atoms with E-state index in [2.05, 4.69) is 24.4 Å². The average Bonchev–Trinajstić information content (AvgIpc) is 3.27. The molecule has 2 unspecified atom stereocenters. The van der Waals surface area contributed by atoms with E-state index in [1.165, 1.54) is 57.8 Å². The Balaban J connectivity index is 0.000000999. The van der Waals surface area contributed by atoms with Crippen LogP contribution in [-0.4, -0.2) is 58.5 Å². The second-order valence-electron chi connectivity index (χ2n) is 8.85. The summed E-state index contributed by atoms with van der Waals surface area (Å²) < 4.78 is 4.86. The second kappa shape index (κ2) is 22.8. The van der Waals surface area contributed by atoms with E-state index in [-0.39, 0.29) is 25.1 Å². The number of aliphatic hydroxyl groups is 2. The van der Waals surface area contributed by atoms with Crippen LogP contribution in [0.4, 0.5) is 0 Å². The van der Waals surface area contributed by atoms with Crippen LogP contribution >= 0.6 is 0 Å². The average molecular weight is 486 g/mol. The zero-order valence-corrected chi connectivity index (χ0v) is 21.0. The highest BCUT2D eigenvalue weighted by Gasteiger charge is 2.26. The van der Waals surface area contributed by atoms with Crippen molar-refractivity contribution >= 4 is 17.8 Å². The number of aliphatic hydroxyl groups excluding tert-OH is 2. The van der Waals surface area contributed by atoms with Crippen molar-refractivity contribution in [2.24, 2.45) is 0 Å². The number of aliphatic carboxylic acids is 1. The number of allylic oxidation sites excluding steroid dienone is 2. The van der Waals surface area contributed by atoms with Crippen molar-refractivity contribution in [2.75, 3.05) is 13.2 Å². The summed E-state index contributed by atoms with van der Waals surface area (Å²) in [6.45, 7) is 1.77. The lowest BCUT2D eigenvalue weighted by molar-refractivity contribution is -0.147. The Morgan fingerprint density at radius 2 is 1.56 bits per heavy atom. The number of hydrogen-bond acceptors (Lipinski definition) is 6. The molecule has 0 aromatic heterocycles. The number of carboxylic acid groups (broad SMARTS) is 1. The summed E-state index contributed by atoms with van der Waals surface area (Å²) in [5.41, 5.74) is 0. The number of esters is 1. The lowest BCUT2D eigenvalue weighted by atomic mass is 10.1. The van der Waals surface area contributed by atoms with Crippen molar-refractivity contribution in [3.63, 3.8) is 0 Å². The van der Waals surface area contributed by atoms with E-state index < -0.39 is 18.1 Å². The number of carboxylic acids is 1. The maximum atomic E-state index is 11.4. The highest BCUT2D eigenvalue weighted by Crippen LogP contribution is 2.10. The first-order valence-corrected chi connectivity index (χ1v) is 13.0. The second-order valence-corrected chi connectivity index (χ2v) is 8.85. The van der Waals surface area contributed by atoms with Crippen LogP contribution in [0.25, 0.3) is 0 Å². The summed E-state index contributed by atoms with van der Waals surface area (Å²) in [5.74, 6) is -1.40. The molecule has 8 heteroatoms. The third-order valence-electron chi connectivity index (χ3n) is 5.58. The lowest BCUT2D eigenvalue weighted by Crippen LogP contribution is -2.32. The number of nitrogens with one attached hydrogen (secondary N) is 1. The molecular formula is C26H47NO7. The minimum Gasteiger partial charge on any atom is -0.480 e. The van der Waals surface area contributed by atoms with E-state index in [9.17, 15) is 14.4 Å². The first kappa shape index (κ1) is 32.1. The van der Waals surface area contributed by atoms with Gasteiger partial charge in [0.15, 0.2) is 0 Å². The molecule has 0 bridgehead atoms. The van der Waals surface area contributed by atoms with Crippen molar-refractivity contribution in [1.29, 1.82) is 0 Å². The Kier molecular flexibility index (Phi) is 21.5. The maximum Gasteiger partial charge on any atom is 0.326 e. The van der Waals surface area contributed by atoms with E-state index in [1.807, 2.05) is 0 Å². The smallest absolute Gasteiger partial charge is 0.326 e. The van der Waals surface area contributed by atoms with Gasteiger partial charge in [-0.2, -0.15) is 0 Å². The molecule has 0 aliphatic carbocycles. The quantitative estimate of drug-likeness (QED) is 0.122. The Labute approximate surface area is 205 Å². The van der Waals surface area contributed by atoms with Gasteiger partial charge in [-0.3, -0.25) is 9.59 Å². The van der Waals surface area contributed by atoms with E-state index in [0.717, 1.165) is 25.7 Å². The SMILES string of the molecule is CCCCCCCC/C=C\CCCCCCCC(=O)OCC(O)CO.O=C1CCC(C(=O)O)N1. The third kappa shape index (κ3) is 20.7.